The average Bonchev–Trinajstić information content (AvgIpc) is 2.32. The molecule has 98 valence electrons. The predicted octanol–water partition coefficient (Wildman–Crippen LogP) is 3.54. The van der Waals surface area contributed by atoms with Gasteiger partial charge in [0.25, 0.3) is 0 Å². The highest BCUT2D eigenvalue weighted by atomic mass is 31.2. The van der Waals surface area contributed by atoms with E-state index in [4.69, 9.17) is 9.05 Å². The van der Waals surface area contributed by atoms with Gasteiger partial charge in [0.05, 0.1) is 13.2 Å². The Bertz CT molecular complexity index is 214. The molecule has 0 aromatic carbocycles. The highest BCUT2D eigenvalue weighted by Gasteiger charge is 2.46. The third-order valence-corrected chi connectivity index (χ3v) is 5.27. The number of hydrogen-bond donors (Lipinski definition) is 1. The topological polar surface area (TPSA) is 55.8 Å². The molecule has 5 heteroatoms. The molecule has 4 nitrogen and oxygen atoms in total. The smallest absolute Gasteiger partial charge is 0.361 e. The van der Waals surface area contributed by atoms with Crippen LogP contribution in [0.4, 0.5) is 0 Å². The SMILES string of the molecule is CCCOP(=O)(OCCC)C(O)(CC)CC. The number of aliphatic hydroxyl groups is 1. The molecular weight excluding hydrogens is 227 g/mol. The third-order valence-electron chi connectivity index (χ3n) is 2.57. The van der Waals surface area contributed by atoms with Gasteiger partial charge in [0.15, 0.2) is 5.34 Å². The summed E-state index contributed by atoms with van der Waals surface area (Å²) in [6.07, 6.45) is 2.24. The summed E-state index contributed by atoms with van der Waals surface area (Å²) in [5.41, 5.74) is 0. The molecule has 0 heterocycles. The van der Waals surface area contributed by atoms with Crippen molar-refractivity contribution in [3.63, 3.8) is 0 Å². The zero-order valence-electron chi connectivity index (χ0n) is 10.9. The lowest BCUT2D eigenvalue weighted by molar-refractivity contribution is 0.0581. The standard InChI is InChI=1S/C11H25O4P/c1-5-9-14-16(13,15-10-6-2)11(12,7-3)8-4/h12H,5-10H2,1-4H3. The maximum absolute atomic E-state index is 12.5. The Morgan fingerprint density at radius 2 is 1.38 bits per heavy atom. The summed E-state index contributed by atoms with van der Waals surface area (Å²) in [6.45, 7) is 8.15. The van der Waals surface area contributed by atoms with Gasteiger partial charge < -0.3 is 14.2 Å². The minimum absolute atomic E-state index is 0.350. The Morgan fingerprint density at radius 1 is 1.00 bits per heavy atom. The van der Waals surface area contributed by atoms with Crippen LogP contribution in [0.1, 0.15) is 53.4 Å². The molecular formula is C11H25O4P. The van der Waals surface area contributed by atoms with E-state index in [0.29, 0.717) is 26.1 Å². The molecule has 0 atom stereocenters. The largest absolute Gasteiger partial charge is 0.377 e. The lowest BCUT2D eigenvalue weighted by Gasteiger charge is -2.33. The van der Waals surface area contributed by atoms with Crippen molar-refractivity contribution >= 4 is 7.60 Å². The highest BCUT2D eigenvalue weighted by Crippen LogP contribution is 2.61. The van der Waals surface area contributed by atoms with Crippen molar-refractivity contribution in [1.82, 2.24) is 0 Å². The van der Waals surface area contributed by atoms with Gasteiger partial charge in [-0.2, -0.15) is 0 Å². The van der Waals surface area contributed by atoms with E-state index in [-0.39, 0.29) is 0 Å². The molecule has 0 aliphatic rings. The predicted molar refractivity (Wildman–Crippen MR) is 65.6 cm³/mol. The summed E-state index contributed by atoms with van der Waals surface area (Å²) < 4.78 is 23.1. The molecule has 0 rings (SSSR count). The first-order chi connectivity index (χ1) is 7.49. The van der Waals surface area contributed by atoms with Crippen molar-refractivity contribution in [3.8, 4) is 0 Å². The minimum atomic E-state index is -3.42. The van der Waals surface area contributed by atoms with Crippen LogP contribution in [0.5, 0.6) is 0 Å². The Balaban J connectivity index is 4.81. The van der Waals surface area contributed by atoms with Gasteiger partial charge >= 0.3 is 7.60 Å². The van der Waals surface area contributed by atoms with Gasteiger partial charge in [-0.05, 0) is 25.7 Å². The Kier molecular flexibility index (Phi) is 7.49. The van der Waals surface area contributed by atoms with Crippen LogP contribution in [0.25, 0.3) is 0 Å². The van der Waals surface area contributed by atoms with E-state index in [1.807, 2.05) is 13.8 Å². The van der Waals surface area contributed by atoms with Crippen LogP contribution < -0.4 is 0 Å². The zero-order valence-corrected chi connectivity index (χ0v) is 11.8. The second kappa shape index (κ2) is 7.44. The molecule has 0 saturated heterocycles. The highest BCUT2D eigenvalue weighted by molar-refractivity contribution is 7.55. The van der Waals surface area contributed by atoms with Gasteiger partial charge in [-0.25, -0.2) is 0 Å². The summed E-state index contributed by atoms with van der Waals surface area (Å²) in [6, 6.07) is 0. The first-order valence-corrected chi connectivity index (χ1v) is 7.65. The van der Waals surface area contributed by atoms with Crippen molar-refractivity contribution < 1.29 is 18.7 Å². The third kappa shape index (κ3) is 3.85. The van der Waals surface area contributed by atoms with Crippen LogP contribution in [-0.4, -0.2) is 23.7 Å². The molecule has 0 fully saturated rings. The van der Waals surface area contributed by atoms with Gasteiger partial charge in [-0.15, -0.1) is 0 Å². The van der Waals surface area contributed by atoms with Crippen LogP contribution >= 0.6 is 7.60 Å². The lowest BCUT2D eigenvalue weighted by atomic mass is 10.2. The summed E-state index contributed by atoms with van der Waals surface area (Å²) >= 11 is 0. The molecule has 0 aromatic rings. The van der Waals surface area contributed by atoms with E-state index in [1.54, 1.807) is 13.8 Å². The summed E-state index contributed by atoms with van der Waals surface area (Å²) in [4.78, 5) is 0. The van der Waals surface area contributed by atoms with Gasteiger partial charge in [0, 0.05) is 0 Å². The normalized spacial score (nSPS) is 13.1. The number of rotatable bonds is 9. The van der Waals surface area contributed by atoms with Gasteiger partial charge in [-0.1, -0.05) is 27.7 Å². The van der Waals surface area contributed by atoms with Crippen molar-refractivity contribution in [1.29, 1.82) is 0 Å². The van der Waals surface area contributed by atoms with Crippen LogP contribution in [0.2, 0.25) is 0 Å². The number of hydrogen-bond acceptors (Lipinski definition) is 4. The van der Waals surface area contributed by atoms with Crippen LogP contribution in [0.3, 0.4) is 0 Å². The van der Waals surface area contributed by atoms with Crippen LogP contribution in [0.15, 0.2) is 0 Å². The molecule has 0 bridgehead atoms. The summed E-state index contributed by atoms with van der Waals surface area (Å²) in [7, 11) is -3.42. The Hall–Kier alpha value is 0.110. The van der Waals surface area contributed by atoms with E-state index < -0.39 is 12.9 Å². The second-order valence-corrected chi connectivity index (χ2v) is 6.20. The average molecular weight is 252 g/mol. The zero-order chi connectivity index (χ0) is 12.7. The molecule has 16 heavy (non-hydrogen) atoms. The molecule has 0 spiro atoms. The fourth-order valence-electron chi connectivity index (χ4n) is 1.34. The minimum Gasteiger partial charge on any atom is -0.377 e. The van der Waals surface area contributed by atoms with E-state index >= 15 is 0 Å². The monoisotopic (exact) mass is 252 g/mol. The molecule has 0 aliphatic carbocycles. The van der Waals surface area contributed by atoms with Crippen molar-refractivity contribution in [2.45, 2.75) is 58.7 Å². The summed E-state index contributed by atoms with van der Waals surface area (Å²) in [5, 5.41) is 8.94. The fraction of sp³-hybridized carbons (Fsp3) is 1.00. The molecule has 0 aromatic heterocycles. The van der Waals surface area contributed by atoms with Crippen molar-refractivity contribution in [2.24, 2.45) is 0 Å². The molecule has 1 N–H and O–H groups in total. The van der Waals surface area contributed by atoms with E-state index in [2.05, 4.69) is 0 Å². The van der Waals surface area contributed by atoms with Gasteiger partial charge in [0.1, 0.15) is 0 Å². The fourth-order valence-corrected chi connectivity index (χ4v) is 3.51. The second-order valence-electron chi connectivity index (χ2n) is 3.85. The van der Waals surface area contributed by atoms with Crippen LogP contribution in [-0.2, 0) is 13.6 Å². The van der Waals surface area contributed by atoms with E-state index in [1.165, 1.54) is 0 Å². The first kappa shape index (κ1) is 16.1. The lowest BCUT2D eigenvalue weighted by Crippen LogP contribution is -2.29. The molecule has 0 radical (unpaired) electrons. The summed E-state index contributed by atoms with van der Waals surface area (Å²) in [5.74, 6) is 0. The van der Waals surface area contributed by atoms with Crippen LogP contribution in [0, 0.1) is 0 Å². The Labute approximate surface area is 98.9 Å². The Morgan fingerprint density at radius 3 is 1.62 bits per heavy atom. The quantitative estimate of drug-likeness (QED) is 0.638. The van der Waals surface area contributed by atoms with Crippen molar-refractivity contribution in [2.75, 3.05) is 13.2 Å². The molecule has 0 saturated carbocycles. The van der Waals surface area contributed by atoms with Crippen molar-refractivity contribution in [3.05, 3.63) is 0 Å². The maximum atomic E-state index is 12.5. The van der Waals surface area contributed by atoms with Gasteiger partial charge in [0.2, 0.25) is 0 Å². The molecule has 0 amide bonds. The maximum Gasteiger partial charge on any atom is 0.361 e. The molecule has 0 unspecified atom stereocenters. The van der Waals surface area contributed by atoms with E-state index in [0.717, 1.165) is 12.8 Å². The molecule has 0 aliphatic heterocycles. The first-order valence-electron chi connectivity index (χ1n) is 6.11. The van der Waals surface area contributed by atoms with Gasteiger partial charge in [-0.3, -0.25) is 4.57 Å². The van der Waals surface area contributed by atoms with E-state index in [9.17, 15) is 9.67 Å².